The maximum atomic E-state index is 11.5. The fourth-order valence-electron chi connectivity index (χ4n) is 1.42. The van der Waals surface area contributed by atoms with Gasteiger partial charge in [0.25, 0.3) is 0 Å². The van der Waals surface area contributed by atoms with Crippen molar-refractivity contribution in [2.45, 2.75) is 13.3 Å². The average Bonchev–Trinajstić information content (AvgIpc) is 2.21. The van der Waals surface area contributed by atoms with E-state index in [4.69, 9.17) is 0 Å². The Bertz CT molecular complexity index is 275. The summed E-state index contributed by atoms with van der Waals surface area (Å²) in [4.78, 5) is 36.4. The van der Waals surface area contributed by atoms with Crippen LogP contribution in [0, 0.1) is 0 Å². The van der Waals surface area contributed by atoms with Crippen LogP contribution < -0.4 is 0 Å². The van der Waals surface area contributed by atoms with E-state index in [2.05, 4.69) is 0 Å². The van der Waals surface area contributed by atoms with Gasteiger partial charge >= 0.3 is 11.8 Å². The van der Waals surface area contributed by atoms with E-state index < -0.39 is 11.8 Å². The zero-order valence-electron chi connectivity index (χ0n) is 8.45. The van der Waals surface area contributed by atoms with Crippen LogP contribution in [0.1, 0.15) is 13.3 Å². The number of carbonyl (C=O) groups excluding carboxylic acids is 3. The third-order valence-electron chi connectivity index (χ3n) is 2.15. The molecule has 0 bridgehead atoms. The highest BCUT2D eigenvalue weighted by atomic mass is 16.2. The third kappa shape index (κ3) is 2.31. The highest BCUT2D eigenvalue weighted by Crippen LogP contribution is 2.03. The summed E-state index contributed by atoms with van der Waals surface area (Å²) in [5, 5.41) is 0. The minimum Gasteiger partial charge on any atom is -0.337 e. The first-order valence-corrected chi connectivity index (χ1v) is 4.56. The van der Waals surface area contributed by atoms with Crippen molar-refractivity contribution in [3.63, 3.8) is 0 Å². The van der Waals surface area contributed by atoms with Crippen LogP contribution in [0.2, 0.25) is 0 Å². The fraction of sp³-hybridized carbons (Fsp3) is 0.667. The Balaban J connectivity index is 2.72. The minimum atomic E-state index is -0.569. The number of Topliss-reactive ketones (excluding diaryl/α,β-unsaturated/α-hetero) is 1. The van der Waals surface area contributed by atoms with Crippen LogP contribution in [0.15, 0.2) is 0 Å². The largest absolute Gasteiger partial charge is 0.337 e. The van der Waals surface area contributed by atoms with Crippen LogP contribution in [0.5, 0.6) is 0 Å². The SMILES string of the molecule is CC(=O)CN1CCCN(C)C(=O)C1=O. The molecule has 1 heterocycles. The van der Waals surface area contributed by atoms with E-state index >= 15 is 0 Å². The molecule has 0 aromatic rings. The highest BCUT2D eigenvalue weighted by Gasteiger charge is 2.28. The van der Waals surface area contributed by atoms with E-state index in [9.17, 15) is 14.4 Å². The zero-order chi connectivity index (χ0) is 10.7. The lowest BCUT2D eigenvalue weighted by Gasteiger charge is -2.17. The van der Waals surface area contributed by atoms with Crippen LogP contribution in [0.4, 0.5) is 0 Å². The molecule has 0 aromatic carbocycles. The number of likely N-dealkylation sites (N-methyl/N-ethyl adjacent to an activating group) is 1. The monoisotopic (exact) mass is 198 g/mol. The Labute approximate surface area is 82.7 Å². The van der Waals surface area contributed by atoms with Gasteiger partial charge in [0.15, 0.2) is 0 Å². The molecule has 0 radical (unpaired) electrons. The summed E-state index contributed by atoms with van der Waals surface area (Å²) in [5.74, 6) is -1.19. The van der Waals surface area contributed by atoms with E-state index in [1.165, 1.54) is 16.7 Å². The van der Waals surface area contributed by atoms with Gasteiger partial charge in [0.05, 0.1) is 6.54 Å². The van der Waals surface area contributed by atoms with Crippen molar-refractivity contribution < 1.29 is 14.4 Å². The molecule has 1 rings (SSSR count). The Morgan fingerprint density at radius 2 is 1.93 bits per heavy atom. The topological polar surface area (TPSA) is 57.7 Å². The fourth-order valence-corrected chi connectivity index (χ4v) is 1.42. The van der Waals surface area contributed by atoms with Crippen LogP contribution in [-0.2, 0) is 14.4 Å². The molecule has 0 aliphatic carbocycles. The second-order valence-corrected chi connectivity index (χ2v) is 3.51. The Kier molecular flexibility index (Phi) is 3.22. The lowest BCUT2D eigenvalue weighted by Crippen LogP contribution is -2.42. The second-order valence-electron chi connectivity index (χ2n) is 3.51. The van der Waals surface area contributed by atoms with E-state index in [1.807, 2.05) is 0 Å². The van der Waals surface area contributed by atoms with E-state index in [1.54, 1.807) is 7.05 Å². The molecular formula is C9H14N2O3. The summed E-state index contributed by atoms with van der Waals surface area (Å²) in [5.41, 5.74) is 0. The van der Waals surface area contributed by atoms with Crippen molar-refractivity contribution in [2.75, 3.05) is 26.7 Å². The van der Waals surface area contributed by atoms with Gasteiger partial charge in [-0.05, 0) is 13.3 Å². The van der Waals surface area contributed by atoms with Gasteiger partial charge in [0, 0.05) is 20.1 Å². The molecule has 0 atom stereocenters. The normalized spacial score (nSPS) is 18.4. The first-order valence-electron chi connectivity index (χ1n) is 4.56. The van der Waals surface area contributed by atoms with Gasteiger partial charge in [-0.1, -0.05) is 0 Å². The molecule has 0 aromatic heterocycles. The Morgan fingerprint density at radius 3 is 2.50 bits per heavy atom. The van der Waals surface area contributed by atoms with Gasteiger partial charge in [-0.15, -0.1) is 0 Å². The number of hydrogen-bond donors (Lipinski definition) is 0. The number of carbonyl (C=O) groups is 3. The van der Waals surface area contributed by atoms with Crippen molar-refractivity contribution in [1.29, 1.82) is 0 Å². The highest BCUT2D eigenvalue weighted by molar-refractivity contribution is 6.35. The predicted octanol–water partition coefficient (Wildman–Crippen LogP) is -0.734. The van der Waals surface area contributed by atoms with Crippen molar-refractivity contribution >= 4 is 17.6 Å². The van der Waals surface area contributed by atoms with Crippen LogP contribution in [0.3, 0.4) is 0 Å². The molecule has 78 valence electrons. The van der Waals surface area contributed by atoms with Gasteiger partial charge in [0.1, 0.15) is 5.78 Å². The number of ketones is 1. The number of hydrogen-bond acceptors (Lipinski definition) is 3. The maximum Gasteiger partial charge on any atom is 0.312 e. The van der Waals surface area contributed by atoms with Gasteiger partial charge in [-0.2, -0.15) is 0 Å². The van der Waals surface area contributed by atoms with E-state index in [0.29, 0.717) is 13.1 Å². The van der Waals surface area contributed by atoms with Crippen LogP contribution in [0.25, 0.3) is 0 Å². The van der Waals surface area contributed by atoms with Gasteiger partial charge in [-0.25, -0.2) is 0 Å². The average molecular weight is 198 g/mol. The van der Waals surface area contributed by atoms with Crippen LogP contribution >= 0.6 is 0 Å². The maximum absolute atomic E-state index is 11.5. The molecule has 1 fully saturated rings. The number of rotatable bonds is 2. The minimum absolute atomic E-state index is 0.0401. The summed E-state index contributed by atoms with van der Waals surface area (Å²) in [6, 6.07) is 0. The van der Waals surface area contributed by atoms with Gasteiger partial charge < -0.3 is 9.80 Å². The van der Waals surface area contributed by atoms with E-state index in [-0.39, 0.29) is 12.3 Å². The lowest BCUT2D eigenvalue weighted by atomic mass is 10.3. The third-order valence-corrected chi connectivity index (χ3v) is 2.15. The molecule has 5 nitrogen and oxygen atoms in total. The lowest BCUT2D eigenvalue weighted by molar-refractivity contribution is -0.150. The van der Waals surface area contributed by atoms with Gasteiger partial charge in [0.2, 0.25) is 0 Å². The Morgan fingerprint density at radius 1 is 1.29 bits per heavy atom. The molecule has 1 aliphatic rings. The van der Waals surface area contributed by atoms with Crippen molar-refractivity contribution in [2.24, 2.45) is 0 Å². The number of nitrogens with zero attached hydrogens (tertiary/aromatic N) is 2. The summed E-state index contributed by atoms with van der Waals surface area (Å²) in [6.07, 6.45) is 0.723. The molecule has 0 spiro atoms. The first kappa shape index (κ1) is 10.7. The quantitative estimate of drug-likeness (QED) is 0.549. The second kappa shape index (κ2) is 4.21. The molecule has 2 amide bonds. The summed E-state index contributed by atoms with van der Waals surface area (Å²) >= 11 is 0. The number of amides is 2. The smallest absolute Gasteiger partial charge is 0.312 e. The Hall–Kier alpha value is -1.39. The van der Waals surface area contributed by atoms with Crippen LogP contribution in [-0.4, -0.2) is 54.1 Å². The summed E-state index contributed by atoms with van der Waals surface area (Å²) in [7, 11) is 1.59. The van der Waals surface area contributed by atoms with E-state index in [0.717, 1.165) is 6.42 Å². The van der Waals surface area contributed by atoms with Gasteiger partial charge in [-0.3, -0.25) is 14.4 Å². The summed E-state index contributed by atoms with van der Waals surface area (Å²) < 4.78 is 0. The molecule has 14 heavy (non-hydrogen) atoms. The summed E-state index contributed by atoms with van der Waals surface area (Å²) in [6.45, 7) is 2.50. The molecular weight excluding hydrogens is 184 g/mol. The molecule has 5 heteroatoms. The molecule has 1 aliphatic heterocycles. The molecule has 0 unspecified atom stereocenters. The first-order chi connectivity index (χ1) is 6.52. The molecule has 0 N–H and O–H groups in total. The standard InChI is InChI=1S/C9H14N2O3/c1-7(12)6-11-5-3-4-10(2)8(13)9(11)14/h3-6H2,1-2H3. The van der Waals surface area contributed by atoms with Crippen molar-refractivity contribution in [3.05, 3.63) is 0 Å². The predicted molar refractivity (Wildman–Crippen MR) is 49.5 cm³/mol. The zero-order valence-corrected chi connectivity index (χ0v) is 8.45. The van der Waals surface area contributed by atoms with Crippen molar-refractivity contribution in [1.82, 2.24) is 9.80 Å². The van der Waals surface area contributed by atoms with Crippen molar-refractivity contribution in [3.8, 4) is 0 Å². The molecule has 1 saturated heterocycles. The molecule has 0 saturated carbocycles.